The molecule has 17 heavy (non-hydrogen) atoms. The van der Waals surface area contributed by atoms with Gasteiger partial charge in [-0.1, -0.05) is 31.9 Å². The first-order valence-corrected chi connectivity index (χ1v) is 6.55. The van der Waals surface area contributed by atoms with E-state index in [9.17, 15) is 4.39 Å². The minimum atomic E-state index is -0.114. The third kappa shape index (κ3) is 3.29. The minimum absolute atomic E-state index is 0.114. The summed E-state index contributed by atoms with van der Waals surface area (Å²) in [6.07, 6.45) is 5.41. The maximum Gasteiger partial charge on any atom is 0.126 e. The van der Waals surface area contributed by atoms with Crippen LogP contribution in [0.1, 0.15) is 43.7 Å². The van der Waals surface area contributed by atoms with Gasteiger partial charge in [-0.25, -0.2) is 4.39 Å². The summed E-state index contributed by atoms with van der Waals surface area (Å²) in [6, 6.07) is 5.36. The van der Waals surface area contributed by atoms with E-state index in [-0.39, 0.29) is 5.82 Å². The van der Waals surface area contributed by atoms with Gasteiger partial charge in [0.2, 0.25) is 0 Å². The summed E-state index contributed by atoms with van der Waals surface area (Å²) in [5.74, 6) is -0.114. The molecule has 0 amide bonds. The van der Waals surface area contributed by atoms with Crippen LogP contribution >= 0.6 is 0 Å². The van der Waals surface area contributed by atoms with Gasteiger partial charge < -0.3 is 5.32 Å². The van der Waals surface area contributed by atoms with Crippen molar-refractivity contribution in [3.05, 3.63) is 35.1 Å². The quantitative estimate of drug-likeness (QED) is 0.837. The molecule has 0 atom stereocenters. The zero-order chi connectivity index (χ0) is 12.3. The van der Waals surface area contributed by atoms with Crippen molar-refractivity contribution in [2.45, 2.75) is 46.1 Å². The molecular weight excluding hydrogens is 213 g/mol. The van der Waals surface area contributed by atoms with E-state index in [1.165, 1.54) is 31.2 Å². The summed E-state index contributed by atoms with van der Waals surface area (Å²) in [6.45, 7) is 6.10. The SMILES string of the molecule is Cc1cc(CNCC2(C)CCCC2)ccc1F. The Labute approximate surface area is 103 Å². The van der Waals surface area contributed by atoms with Crippen molar-refractivity contribution in [1.29, 1.82) is 0 Å². The van der Waals surface area contributed by atoms with Gasteiger partial charge in [-0.3, -0.25) is 0 Å². The Morgan fingerprint density at radius 3 is 2.65 bits per heavy atom. The summed E-state index contributed by atoms with van der Waals surface area (Å²) in [7, 11) is 0. The first-order chi connectivity index (χ1) is 8.09. The largest absolute Gasteiger partial charge is 0.312 e. The molecule has 0 aliphatic heterocycles. The molecular formula is C15H22FN. The van der Waals surface area contributed by atoms with Crippen molar-refractivity contribution in [1.82, 2.24) is 5.32 Å². The van der Waals surface area contributed by atoms with Crippen LogP contribution in [0.5, 0.6) is 0 Å². The molecule has 1 N–H and O–H groups in total. The van der Waals surface area contributed by atoms with Crippen molar-refractivity contribution in [2.75, 3.05) is 6.54 Å². The molecule has 0 radical (unpaired) electrons. The van der Waals surface area contributed by atoms with Crippen LogP contribution in [0.4, 0.5) is 4.39 Å². The Balaban J connectivity index is 1.83. The molecule has 1 saturated carbocycles. The number of aryl methyl sites for hydroxylation is 1. The van der Waals surface area contributed by atoms with E-state index in [0.29, 0.717) is 5.41 Å². The zero-order valence-corrected chi connectivity index (χ0v) is 10.9. The van der Waals surface area contributed by atoms with Crippen molar-refractivity contribution < 1.29 is 4.39 Å². The van der Waals surface area contributed by atoms with Gasteiger partial charge in [0.1, 0.15) is 5.82 Å². The van der Waals surface area contributed by atoms with E-state index in [1.807, 2.05) is 19.1 Å². The van der Waals surface area contributed by atoms with Crippen LogP contribution < -0.4 is 5.32 Å². The van der Waals surface area contributed by atoms with Gasteiger partial charge in [0.05, 0.1) is 0 Å². The lowest BCUT2D eigenvalue weighted by Gasteiger charge is -2.23. The van der Waals surface area contributed by atoms with Crippen LogP contribution in [0.25, 0.3) is 0 Å². The molecule has 1 aliphatic rings. The predicted molar refractivity (Wildman–Crippen MR) is 69.4 cm³/mol. The fraction of sp³-hybridized carbons (Fsp3) is 0.600. The molecule has 1 aliphatic carbocycles. The Kier molecular flexibility index (Phi) is 3.82. The number of nitrogens with one attached hydrogen (secondary N) is 1. The molecule has 1 aromatic rings. The average molecular weight is 235 g/mol. The zero-order valence-electron chi connectivity index (χ0n) is 10.9. The third-order valence-corrected chi connectivity index (χ3v) is 3.91. The molecule has 1 fully saturated rings. The van der Waals surface area contributed by atoms with Crippen LogP contribution in [0.15, 0.2) is 18.2 Å². The molecule has 0 unspecified atom stereocenters. The van der Waals surface area contributed by atoms with Gasteiger partial charge in [-0.15, -0.1) is 0 Å². The molecule has 2 heteroatoms. The van der Waals surface area contributed by atoms with Gasteiger partial charge in [-0.2, -0.15) is 0 Å². The van der Waals surface area contributed by atoms with E-state index < -0.39 is 0 Å². The molecule has 0 spiro atoms. The molecule has 1 nitrogen and oxygen atoms in total. The second-order valence-corrected chi connectivity index (χ2v) is 5.70. The van der Waals surface area contributed by atoms with Crippen LogP contribution in [-0.2, 0) is 6.54 Å². The third-order valence-electron chi connectivity index (χ3n) is 3.91. The number of benzene rings is 1. The summed E-state index contributed by atoms with van der Waals surface area (Å²) < 4.78 is 13.1. The molecule has 94 valence electrons. The highest BCUT2D eigenvalue weighted by Crippen LogP contribution is 2.36. The first-order valence-electron chi connectivity index (χ1n) is 6.55. The van der Waals surface area contributed by atoms with Crippen LogP contribution in [-0.4, -0.2) is 6.54 Å². The highest BCUT2D eigenvalue weighted by Gasteiger charge is 2.27. The highest BCUT2D eigenvalue weighted by atomic mass is 19.1. The number of rotatable bonds is 4. The topological polar surface area (TPSA) is 12.0 Å². The van der Waals surface area contributed by atoms with E-state index in [2.05, 4.69) is 12.2 Å². The first kappa shape index (κ1) is 12.6. The van der Waals surface area contributed by atoms with Crippen LogP contribution in [0.3, 0.4) is 0 Å². The Hall–Kier alpha value is -0.890. The van der Waals surface area contributed by atoms with Crippen molar-refractivity contribution in [3.63, 3.8) is 0 Å². The normalized spacial score (nSPS) is 18.5. The lowest BCUT2D eigenvalue weighted by Crippen LogP contribution is -2.29. The number of hydrogen-bond donors (Lipinski definition) is 1. The monoisotopic (exact) mass is 235 g/mol. The second-order valence-electron chi connectivity index (χ2n) is 5.70. The molecule has 2 rings (SSSR count). The lowest BCUT2D eigenvalue weighted by molar-refractivity contribution is 0.314. The summed E-state index contributed by atoms with van der Waals surface area (Å²) >= 11 is 0. The van der Waals surface area contributed by atoms with Gasteiger partial charge in [0, 0.05) is 13.1 Å². The number of hydrogen-bond acceptors (Lipinski definition) is 1. The Morgan fingerprint density at radius 2 is 2.00 bits per heavy atom. The molecule has 0 saturated heterocycles. The van der Waals surface area contributed by atoms with Crippen molar-refractivity contribution >= 4 is 0 Å². The van der Waals surface area contributed by atoms with Crippen LogP contribution in [0.2, 0.25) is 0 Å². The van der Waals surface area contributed by atoms with Crippen LogP contribution in [0, 0.1) is 18.2 Å². The van der Waals surface area contributed by atoms with Crippen molar-refractivity contribution in [3.8, 4) is 0 Å². The Morgan fingerprint density at radius 1 is 1.29 bits per heavy atom. The van der Waals surface area contributed by atoms with Gasteiger partial charge in [0.25, 0.3) is 0 Å². The Bertz CT molecular complexity index is 381. The summed E-state index contributed by atoms with van der Waals surface area (Å²) in [4.78, 5) is 0. The van der Waals surface area contributed by atoms with E-state index in [1.54, 1.807) is 6.07 Å². The lowest BCUT2D eigenvalue weighted by atomic mass is 9.89. The minimum Gasteiger partial charge on any atom is -0.312 e. The van der Waals surface area contributed by atoms with Gasteiger partial charge in [0.15, 0.2) is 0 Å². The summed E-state index contributed by atoms with van der Waals surface area (Å²) in [5.41, 5.74) is 2.39. The van der Waals surface area contributed by atoms with E-state index in [4.69, 9.17) is 0 Å². The molecule has 1 aromatic carbocycles. The number of halogens is 1. The highest BCUT2D eigenvalue weighted by molar-refractivity contribution is 5.23. The summed E-state index contributed by atoms with van der Waals surface area (Å²) in [5, 5.41) is 3.51. The average Bonchev–Trinajstić information content (AvgIpc) is 2.71. The molecule has 0 bridgehead atoms. The fourth-order valence-electron chi connectivity index (χ4n) is 2.73. The van der Waals surface area contributed by atoms with E-state index >= 15 is 0 Å². The maximum absolute atomic E-state index is 13.1. The van der Waals surface area contributed by atoms with Gasteiger partial charge >= 0.3 is 0 Å². The second kappa shape index (κ2) is 5.18. The molecule has 0 heterocycles. The smallest absolute Gasteiger partial charge is 0.126 e. The fourth-order valence-corrected chi connectivity index (χ4v) is 2.73. The standard InChI is InChI=1S/C15H22FN/c1-12-9-13(5-6-14(12)16)10-17-11-15(2)7-3-4-8-15/h5-6,9,17H,3-4,7-8,10-11H2,1-2H3. The maximum atomic E-state index is 13.1. The van der Waals surface area contributed by atoms with Crippen molar-refractivity contribution in [2.24, 2.45) is 5.41 Å². The molecule has 0 aromatic heterocycles. The predicted octanol–water partition coefficient (Wildman–Crippen LogP) is 3.80. The van der Waals surface area contributed by atoms with Gasteiger partial charge in [-0.05, 0) is 42.4 Å². The van der Waals surface area contributed by atoms with E-state index in [0.717, 1.165) is 18.7 Å².